The van der Waals surface area contributed by atoms with Crippen LogP contribution in [0.4, 0.5) is 5.69 Å². The Morgan fingerprint density at radius 1 is 1.04 bits per heavy atom. The monoisotopic (exact) mass is 379 g/mol. The summed E-state index contributed by atoms with van der Waals surface area (Å²) in [5.41, 5.74) is 0.833. The molecular weight excluding hydrogens is 362 g/mol. The van der Waals surface area contributed by atoms with E-state index in [9.17, 15) is 16.8 Å². The van der Waals surface area contributed by atoms with Crippen LogP contribution in [0.15, 0.2) is 52.3 Å². The first-order valence-electron chi connectivity index (χ1n) is 7.14. The van der Waals surface area contributed by atoms with E-state index >= 15 is 0 Å². The van der Waals surface area contributed by atoms with Crippen LogP contribution in [0.3, 0.4) is 0 Å². The Balaban J connectivity index is 2.46. The molecule has 0 spiro atoms. The van der Waals surface area contributed by atoms with E-state index in [1.54, 1.807) is 6.92 Å². The number of rotatable bonds is 5. The zero-order valence-electron chi connectivity index (χ0n) is 13.9. The maximum atomic E-state index is 12.5. The molecular formula is C16H17N3O4S2. The lowest BCUT2D eigenvalue weighted by Gasteiger charge is -2.15. The first kappa shape index (κ1) is 18.9. The average Bonchev–Trinajstić information content (AvgIpc) is 2.56. The molecule has 0 fully saturated rings. The van der Waals surface area contributed by atoms with Crippen molar-refractivity contribution in [1.29, 1.82) is 5.26 Å². The van der Waals surface area contributed by atoms with Gasteiger partial charge >= 0.3 is 0 Å². The number of benzene rings is 2. The lowest BCUT2D eigenvalue weighted by molar-refractivity contribution is 0.520. The van der Waals surface area contributed by atoms with Gasteiger partial charge in [0.15, 0.2) is 0 Å². The number of nitriles is 1. The summed E-state index contributed by atoms with van der Waals surface area (Å²) in [6, 6.07) is 11.7. The largest absolute Gasteiger partial charge is 0.280 e. The molecule has 25 heavy (non-hydrogen) atoms. The molecule has 0 saturated carbocycles. The van der Waals surface area contributed by atoms with Crippen molar-refractivity contribution >= 4 is 25.7 Å². The molecule has 0 aliphatic rings. The van der Waals surface area contributed by atoms with E-state index in [-0.39, 0.29) is 21.0 Å². The Morgan fingerprint density at radius 2 is 1.72 bits per heavy atom. The number of aryl methyl sites for hydroxylation is 1. The average molecular weight is 379 g/mol. The van der Waals surface area contributed by atoms with Crippen molar-refractivity contribution < 1.29 is 16.8 Å². The number of nitrogens with one attached hydrogen (secondary N) is 1. The van der Waals surface area contributed by atoms with Crippen LogP contribution in [-0.2, 0) is 20.0 Å². The Bertz CT molecular complexity index is 1050. The fourth-order valence-electron chi connectivity index (χ4n) is 2.09. The molecule has 2 aromatic rings. The van der Waals surface area contributed by atoms with Crippen molar-refractivity contribution in [1.82, 2.24) is 4.31 Å². The van der Waals surface area contributed by atoms with E-state index in [2.05, 4.69) is 4.72 Å². The highest BCUT2D eigenvalue weighted by molar-refractivity contribution is 7.92. The molecule has 0 aliphatic carbocycles. The number of hydrogen-bond acceptors (Lipinski definition) is 5. The minimum atomic E-state index is -3.95. The summed E-state index contributed by atoms with van der Waals surface area (Å²) in [4.78, 5) is -0.0624. The molecule has 0 saturated heterocycles. The standard InChI is InChI=1S/C16H17N3O4S2/c1-12-7-8-14(10-16(12)25(22,23)19(2)3)18-24(20,21)15-6-4-5-13(9-15)11-17/h4-10,18H,1-3H3. The van der Waals surface area contributed by atoms with Gasteiger partial charge in [-0.15, -0.1) is 0 Å². The number of hydrogen-bond donors (Lipinski definition) is 1. The van der Waals surface area contributed by atoms with E-state index < -0.39 is 20.0 Å². The van der Waals surface area contributed by atoms with Gasteiger partial charge in [-0.3, -0.25) is 4.72 Å². The van der Waals surface area contributed by atoms with Crippen molar-refractivity contribution in [2.45, 2.75) is 16.7 Å². The topological polar surface area (TPSA) is 107 Å². The minimum Gasteiger partial charge on any atom is -0.280 e. The van der Waals surface area contributed by atoms with Crippen molar-refractivity contribution in [3.8, 4) is 6.07 Å². The van der Waals surface area contributed by atoms with Gasteiger partial charge in [0.25, 0.3) is 10.0 Å². The highest BCUT2D eigenvalue weighted by Crippen LogP contribution is 2.24. The van der Waals surface area contributed by atoms with Gasteiger partial charge in [0.1, 0.15) is 0 Å². The third kappa shape index (κ3) is 3.99. The fourth-order valence-corrected chi connectivity index (χ4v) is 4.32. The quantitative estimate of drug-likeness (QED) is 0.854. The molecule has 0 radical (unpaired) electrons. The lowest BCUT2D eigenvalue weighted by Crippen LogP contribution is -2.23. The summed E-state index contributed by atoms with van der Waals surface area (Å²) in [7, 11) is -4.85. The predicted molar refractivity (Wildman–Crippen MR) is 94.0 cm³/mol. The molecule has 1 N–H and O–H groups in total. The van der Waals surface area contributed by atoms with Crippen LogP contribution in [0.25, 0.3) is 0 Å². The van der Waals surface area contributed by atoms with Crippen LogP contribution < -0.4 is 4.72 Å². The smallest absolute Gasteiger partial charge is 0.261 e. The molecule has 7 nitrogen and oxygen atoms in total. The second kappa shape index (κ2) is 6.84. The zero-order valence-corrected chi connectivity index (χ0v) is 15.5. The van der Waals surface area contributed by atoms with E-state index in [1.165, 1.54) is 56.6 Å². The zero-order chi connectivity index (χ0) is 18.8. The normalized spacial score (nSPS) is 12.0. The second-order valence-electron chi connectivity index (χ2n) is 5.51. The van der Waals surface area contributed by atoms with Crippen molar-refractivity contribution in [2.24, 2.45) is 0 Å². The molecule has 0 unspecified atom stereocenters. The van der Waals surface area contributed by atoms with E-state index in [1.807, 2.05) is 6.07 Å². The molecule has 2 rings (SSSR count). The lowest BCUT2D eigenvalue weighted by atomic mass is 10.2. The van der Waals surface area contributed by atoms with Crippen LogP contribution in [0.5, 0.6) is 0 Å². The third-order valence-corrected chi connectivity index (χ3v) is 6.81. The SMILES string of the molecule is Cc1ccc(NS(=O)(=O)c2cccc(C#N)c2)cc1S(=O)(=O)N(C)C. The van der Waals surface area contributed by atoms with Crippen LogP contribution in [0, 0.1) is 18.3 Å². The number of sulfonamides is 2. The van der Waals surface area contributed by atoms with Gasteiger partial charge < -0.3 is 0 Å². The molecule has 0 aromatic heterocycles. The summed E-state index contributed by atoms with van der Waals surface area (Å²) < 4.78 is 53.0. The fraction of sp³-hybridized carbons (Fsp3) is 0.188. The van der Waals surface area contributed by atoms with Crippen molar-refractivity contribution in [2.75, 3.05) is 18.8 Å². The van der Waals surface area contributed by atoms with Crippen LogP contribution in [-0.4, -0.2) is 35.2 Å². The minimum absolute atomic E-state index is 0.0171. The summed E-state index contributed by atoms with van der Waals surface area (Å²) in [6.45, 7) is 1.63. The molecule has 0 atom stereocenters. The Hall–Kier alpha value is -2.41. The summed E-state index contributed by atoms with van der Waals surface area (Å²) in [5, 5.41) is 8.89. The van der Waals surface area contributed by atoms with E-state index in [0.717, 1.165) is 4.31 Å². The van der Waals surface area contributed by atoms with Crippen molar-refractivity contribution in [3.05, 3.63) is 53.6 Å². The van der Waals surface area contributed by atoms with Gasteiger partial charge in [0.2, 0.25) is 10.0 Å². The molecule has 0 aliphatic heterocycles. The van der Waals surface area contributed by atoms with Gasteiger partial charge in [-0.05, 0) is 42.8 Å². The number of anilines is 1. The van der Waals surface area contributed by atoms with E-state index in [0.29, 0.717) is 5.56 Å². The molecule has 0 bridgehead atoms. The Labute approximate surface area is 147 Å². The van der Waals surface area contributed by atoms with Crippen LogP contribution >= 0.6 is 0 Å². The molecule has 132 valence electrons. The number of nitrogens with zero attached hydrogens (tertiary/aromatic N) is 2. The summed E-state index contributed by atoms with van der Waals surface area (Å²) in [6.07, 6.45) is 0. The molecule has 2 aromatic carbocycles. The first-order chi connectivity index (χ1) is 11.6. The Morgan fingerprint density at radius 3 is 2.32 bits per heavy atom. The predicted octanol–water partition coefficient (Wildman–Crippen LogP) is 1.92. The Kier molecular flexibility index (Phi) is 5.17. The highest BCUT2D eigenvalue weighted by Gasteiger charge is 2.21. The molecule has 0 amide bonds. The van der Waals surface area contributed by atoms with Gasteiger partial charge in [0, 0.05) is 14.1 Å². The van der Waals surface area contributed by atoms with E-state index in [4.69, 9.17) is 5.26 Å². The third-order valence-electron chi connectivity index (χ3n) is 3.47. The second-order valence-corrected chi connectivity index (χ2v) is 9.32. The van der Waals surface area contributed by atoms with Crippen molar-refractivity contribution in [3.63, 3.8) is 0 Å². The van der Waals surface area contributed by atoms with Crippen LogP contribution in [0.1, 0.15) is 11.1 Å². The van der Waals surface area contributed by atoms with Gasteiger partial charge in [-0.2, -0.15) is 5.26 Å². The van der Waals surface area contributed by atoms with Crippen LogP contribution in [0.2, 0.25) is 0 Å². The van der Waals surface area contributed by atoms with Gasteiger partial charge in [-0.1, -0.05) is 12.1 Å². The highest BCUT2D eigenvalue weighted by atomic mass is 32.2. The first-order valence-corrected chi connectivity index (χ1v) is 10.1. The maximum absolute atomic E-state index is 12.5. The molecule has 0 heterocycles. The maximum Gasteiger partial charge on any atom is 0.261 e. The summed E-state index contributed by atoms with van der Waals surface area (Å²) in [5.74, 6) is 0. The summed E-state index contributed by atoms with van der Waals surface area (Å²) >= 11 is 0. The van der Waals surface area contributed by atoms with Gasteiger partial charge in [0.05, 0.1) is 27.1 Å². The van der Waals surface area contributed by atoms with Gasteiger partial charge in [-0.25, -0.2) is 21.1 Å². The molecule has 9 heteroatoms.